The molecule has 1 saturated heterocycles. The Labute approximate surface area is 144 Å². The summed E-state index contributed by atoms with van der Waals surface area (Å²) in [6, 6.07) is 4.05. The number of carbonyl (C=O) groups is 2. The summed E-state index contributed by atoms with van der Waals surface area (Å²) in [6.45, 7) is 3.53. The number of ketones is 1. The number of methoxy groups -OCH3 is 1. The van der Waals surface area contributed by atoms with Gasteiger partial charge in [-0.25, -0.2) is 9.37 Å². The number of para-hydroxylation sites is 1. The number of nitrogens with one attached hydrogen (secondary N) is 1. The summed E-state index contributed by atoms with van der Waals surface area (Å²) in [5, 5.41) is 3.45. The van der Waals surface area contributed by atoms with E-state index in [1.165, 1.54) is 26.2 Å². The van der Waals surface area contributed by atoms with Gasteiger partial charge in [-0.2, -0.15) is 0 Å². The molecule has 2 unspecified atom stereocenters. The van der Waals surface area contributed by atoms with Crippen molar-refractivity contribution in [3.63, 3.8) is 0 Å². The fourth-order valence-corrected chi connectivity index (χ4v) is 3.13. The van der Waals surface area contributed by atoms with Crippen LogP contribution in [0.1, 0.15) is 29.4 Å². The third-order valence-electron chi connectivity index (χ3n) is 4.30. The summed E-state index contributed by atoms with van der Waals surface area (Å²) < 4.78 is 24.8. The number of nitrogens with zero attached hydrogens (tertiary/aromatic N) is 1. The second-order valence-corrected chi connectivity index (χ2v) is 6.05. The lowest BCUT2D eigenvalue weighted by atomic mass is 10.0. The van der Waals surface area contributed by atoms with Gasteiger partial charge >= 0.3 is 5.97 Å². The van der Waals surface area contributed by atoms with Gasteiger partial charge in [-0.15, -0.1) is 0 Å². The van der Waals surface area contributed by atoms with Crippen LogP contribution in [-0.2, 0) is 9.53 Å². The Morgan fingerprint density at radius 2 is 2.12 bits per heavy atom. The molecule has 0 spiro atoms. The van der Waals surface area contributed by atoms with Crippen LogP contribution >= 0.6 is 0 Å². The van der Waals surface area contributed by atoms with E-state index in [0.717, 1.165) is 0 Å². The van der Waals surface area contributed by atoms with Crippen LogP contribution in [0.4, 0.5) is 4.39 Å². The van der Waals surface area contributed by atoms with Gasteiger partial charge < -0.3 is 14.8 Å². The molecule has 3 rings (SSSR count). The normalized spacial score (nSPS) is 19.8. The number of aryl methyl sites for hydroxylation is 1. The number of ether oxygens (including phenoxy) is 2. The molecule has 2 aromatic rings. The Morgan fingerprint density at radius 3 is 2.80 bits per heavy atom. The monoisotopic (exact) mass is 346 g/mol. The molecule has 1 aliphatic heterocycles. The van der Waals surface area contributed by atoms with E-state index < -0.39 is 11.9 Å². The number of carbonyl (C=O) groups excluding carboxylic acids is 2. The summed E-state index contributed by atoms with van der Waals surface area (Å²) in [7, 11) is 1.33. The summed E-state index contributed by atoms with van der Waals surface area (Å²) in [6.07, 6.45) is 0.110. The lowest BCUT2D eigenvalue weighted by Crippen LogP contribution is -2.31. The Hall–Kier alpha value is -2.54. The van der Waals surface area contributed by atoms with Gasteiger partial charge in [0.25, 0.3) is 0 Å². The lowest BCUT2D eigenvalue weighted by Gasteiger charge is -2.18. The van der Waals surface area contributed by atoms with E-state index in [9.17, 15) is 14.0 Å². The van der Waals surface area contributed by atoms with E-state index in [4.69, 9.17) is 9.47 Å². The zero-order valence-electron chi connectivity index (χ0n) is 14.3. The Kier molecular flexibility index (Phi) is 4.67. The van der Waals surface area contributed by atoms with Crippen LogP contribution < -0.4 is 10.1 Å². The fraction of sp³-hybridized carbons (Fsp3) is 0.389. The smallest absolute Gasteiger partial charge is 0.323 e. The molecule has 132 valence electrons. The number of rotatable bonds is 4. The topological polar surface area (TPSA) is 77.5 Å². The first-order valence-corrected chi connectivity index (χ1v) is 8.00. The molecule has 0 bridgehead atoms. The van der Waals surface area contributed by atoms with Gasteiger partial charge in [-0.3, -0.25) is 9.59 Å². The van der Waals surface area contributed by atoms with Crippen LogP contribution in [0, 0.1) is 12.7 Å². The van der Waals surface area contributed by atoms with Crippen molar-refractivity contribution in [2.24, 2.45) is 0 Å². The number of fused-ring (bicyclic) bond motifs is 1. The van der Waals surface area contributed by atoms with Crippen LogP contribution in [0.5, 0.6) is 5.75 Å². The van der Waals surface area contributed by atoms with Crippen LogP contribution in [0.15, 0.2) is 18.2 Å². The van der Waals surface area contributed by atoms with Gasteiger partial charge in [0.1, 0.15) is 23.5 Å². The van der Waals surface area contributed by atoms with Crippen LogP contribution in [0.3, 0.4) is 0 Å². The van der Waals surface area contributed by atoms with Crippen molar-refractivity contribution >= 4 is 22.7 Å². The Morgan fingerprint density at radius 1 is 1.36 bits per heavy atom. The van der Waals surface area contributed by atoms with Crippen molar-refractivity contribution in [2.75, 3.05) is 13.7 Å². The van der Waals surface area contributed by atoms with Gasteiger partial charge in [-0.1, -0.05) is 12.1 Å². The molecule has 1 N–H and O–H groups in total. The number of aromatic nitrogens is 1. The molecule has 2 heterocycles. The average molecular weight is 346 g/mol. The number of hydrogen-bond acceptors (Lipinski definition) is 6. The zero-order valence-corrected chi connectivity index (χ0v) is 14.3. The number of benzene rings is 1. The number of halogens is 1. The molecule has 0 saturated carbocycles. The predicted molar refractivity (Wildman–Crippen MR) is 89.3 cm³/mol. The van der Waals surface area contributed by atoms with Gasteiger partial charge in [0.2, 0.25) is 0 Å². The summed E-state index contributed by atoms with van der Waals surface area (Å²) in [5.74, 6) is -0.731. The van der Waals surface area contributed by atoms with E-state index in [1.54, 1.807) is 13.0 Å². The van der Waals surface area contributed by atoms with Crippen molar-refractivity contribution < 1.29 is 23.5 Å². The maximum Gasteiger partial charge on any atom is 0.323 e. The van der Waals surface area contributed by atoms with Gasteiger partial charge in [-0.05, 0) is 19.9 Å². The SMILES string of the molecule is COC(=O)C1CC(Oc2c(C)nc3c(F)cccc3c2C(C)=O)CN1. The molecule has 25 heavy (non-hydrogen) atoms. The molecule has 1 aromatic carbocycles. The summed E-state index contributed by atoms with van der Waals surface area (Å²) in [4.78, 5) is 28.1. The first kappa shape index (κ1) is 17.3. The molecular weight excluding hydrogens is 327 g/mol. The highest BCUT2D eigenvalue weighted by atomic mass is 19.1. The standard InChI is InChI=1S/C18H19FN2O4/c1-9-17(25-11-7-14(20-8-11)18(23)24-3)15(10(2)22)12-5-4-6-13(19)16(12)21-9/h4-6,11,14,20H,7-8H2,1-3H3. The molecule has 0 radical (unpaired) electrons. The second-order valence-electron chi connectivity index (χ2n) is 6.05. The molecule has 0 aliphatic carbocycles. The molecule has 2 atom stereocenters. The van der Waals surface area contributed by atoms with Crippen molar-refractivity contribution in [2.45, 2.75) is 32.4 Å². The highest BCUT2D eigenvalue weighted by Crippen LogP contribution is 2.33. The molecule has 0 amide bonds. The first-order chi connectivity index (χ1) is 11.9. The van der Waals surface area contributed by atoms with E-state index in [1.807, 2.05) is 0 Å². The highest BCUT2D eigenvalue weighted by molar-refractivity contribution is 6.08. The minimum absolute atomic E-state index is 0.148. The third-order valence-corrected chi connectivity index (χ3v) is 4.30. The van der Waals surface area contributed by atoms with Crippen molar-refractivity contribution in [3.05, 3.63) is 35.3 Å². The molecular formula is C18H19FN2O4. The maximum absolute atomic E-state index is 14.0. The fourth-order valence-electron chi connectivity index (χ4n) is 3.13. The molecule has 6 nitrogen and oxygen atoms in total. The van der Waals surface area contributed by atoms with E-state index in [2.05, 4.69) is 10.3 Å². The molecule has 1 aromatic heterocycles. The van der Waals surface area contributed by atoms with Crippen LogP contribution in [0.2, 0.25) is 0 Å². The van der Waals surface area contributed by atoms with E-state index in [-0.39, 0.29) is 23.4 Å². The highest BCUT2D eigenvalue weighted by Gasteiger charge is 2.32. The lowest BCUT2D eigenvalue weighted by molar-refractivity contribution is -0.142. The maximum atomic E-state index is 14.0. The number of hydrogen-bond donors (Lipinski definition) is 1. The number of esters is 1. The van der Waals surface area contributed by atoms with Crippen molar-refractivity contribution in [1.29, 1.82) is 0 Å². The largest absolute Gasteiger partial charge is 0.486 e. The van der Waals surface area contributed by atoms with Crippen molar-refractivity contribution in [1.82, 2.24) is 10.3 Å². The summed E-state index contributed by atoms with van der Waals surface area (Å²) in [5.41, 5.74) is 0.891. The number of pyridine rings is 1. The Bertz CT molecular complexity index is 853. The van der Waals surface area contributed by atoms with Gasteiger partial charge in [0.15, 0.2) is 11.5 Å². The van der Waals surface area contributed by atoms with Crippen LogP contribution in [0.25, 0.3) is 10.9 Å². The molecule has 1 fully saturated rings. The Balaban J connectivity index is 1.99. The molecule has 7 heteroatoms. The van der Waals surface area contributed by atoms with Crippen LogP contribution in [-0.4, -0.2) is 42.5 Å². The van der Waals surface area contributed by atoms with Gasteiger partial charge in [0, 0.05) is 18.4 Å². The van der Waals surface area contributed by atoms with E-state index >= 15 is 0 Å². The minimum Gasteiger partial charge on any atom is -0.486 e. The van der Waals surface area contributed by atoms with E-state index in [0.29, 0.717) is 35.4 Å². The first-order valence-electron chi connectivity index (χ1n) is 8.00. The molecule has 1 aliphatic rings. The quantitative estimate of drug-likeness (QED) is 0.675. The number of Topliss-reactive ketones (excluding diaryl/α,β-unsaturated/α-hetero) is 1. The second kappa shape index (κ2) is 6.76. The summed E-state index contributed by atoms with van der Waals surface area (Å²) >= 11 is 0. The predicted octanol–water partition coefficient (Wildman–Crippen LogP) is 2.17. The van der Waals surface area contributed by atoms with Crippen molar-refractivity contribution in [3.8, 4) is 5.75 Å². The third kappa shape index (κ3) is 3.19. The average Bonchev–Trinajstić information content (AvgIpc) is 3.04. The minimum atomic E-state index is -0.483. The van der Waals surface area contributed by atoms with Gasteiger partial charge in [0.05, 0.1) is 18.4 Å². The zero-order chi connectivity index (χ0) is 18.1.